The second kappa shape index (κ2) is 10.3. The summed E-state index contributed by atoms with van der Waals surface area (Å²) in [7, 11) is 0. The van der Waals surface area contributed by atoms with Crippen LogP contribution < -0.4 is 10.6 Å². The van der Waals surface area contributed by atoms with Gasteiger partial charge in [-0.2, -0.15) is 0 Å². The highest BCUT2D eigenvalue weighted by Crippen LogP contribution is 2.30. The number of hydrogen-bond acceptors (Lipinski definition) is 4. The summed E-state index contributed by atoms with van der Waals surface area (Å²) < 4.78 is 0. The first-order chi connectivity index (χ1) is 14.0. The molecule has 1 heterocycles. The van der Waals surface area contributed by atoms with Crippen molar-refractivity contribution in [2.24, 2.45) is 5.92 Å². The lowest BCUT2D eigenvalue weighted by Gasteiger charge is -2.36. The first-order valence-electron chi connectivity index (χ1n) is 10.6. The van der Waals surface area contributed by atoms with E-state index in [4.69, 9.17) is 11.6 Å². The molecule has 0 bridgehead atoms. The average Bonchev–Trinajstić information content (AvgIpc) is 2.71. The molecule has 2 aliphatic rings. The largest absolute Gasteiger partial charge is 0.368 e. The van der Waals surface area contributed by atoms with Gasteiger partial charge >= 0.3 is 0 Å². The van der Waals surface area contributed by atoms with Crippen molar-refractivity contribution in [1.29, 1.82) is 0 Å². The number of benzene rings is 1. The summed E-state index contributed by atoms with van der Waals surface area (Å²) in [4.78, 5) is 13.0. The zero-order chi connectivity index (χ0) is 20.8. The molecule has 0 saturated carbocycles. The number of carbonyl (C=O) groups excluding carboxylic acids is 1. The number of nitrogens with one attached hydrogen (secondary N) is 2. The van der Waals surface area contributed by atoms with Gasteiger partial charge in [-0.25, -0.2) is 0 Å². The molecule has 1 aromatic carbocycles. The molecule has 0 spiro atoms. The Kier molecular flexibility index (Phi) is 7.76. The van der Waals surface area contributed by atoms with Crippen molar-refractivity contribution in [3.8, 4) is 0 Å². The van der Waals surface area contributed by atoms with Gasteiger partial charge in [-0.05, 0) is 37.7 Å². The van der Waals surface area contributed by atoms with E-state index in [1.54, 1.807) is 12.1 Å². The molecule has 1 aliphatic carbocycles. The van der Waals surface area contributed by atoms with Gasteiger partial charge in [0.05, 0.1) is 0 Å². The molecule has 1 amide bonds. The number of rotatable bonds is 8. The Morgan fingerprint density at radius 1 is 1.17 bits per heavy atom. The molecule has 2 unspecified atom stereocenters. The van der Waals surface area contributed by atoms with Crippen molar-refractivity contribution in [1.82, 2.24) is 10.6 Å². The van der Waals surface area contributed by atoms with E-state index in [0.29, 0.717) is 17.9 Å². The van der Waals surface area contributed by atoms with E-state index in [9.17, 15) is 15.0 Å². The van der Waals surface area contributed by atoms with Crippen molar-refractivity contribution >= 4 is 17.5 Å². The lowest BCUT2D eigenvalue weighted by atomic mass is 9.88. The van der Waals surface area contributed by atoms with Crippen LogP contribution in [0.2, 0.25) is 0 Å². The van der Waals surface area contributed by atoms with Gasteiger partial charge in [0.2, 0.25) is 0 Å². The fourth-order valence-electron chi connectivity index (χ4n) is 4.01. The molecule has 0 aromatic heterocycles. The Bertz CT molecular complexity index is 771. The van der Waals surface area contributed by atoms with Crippen molar-refractivity contribution in [2.45, 2.75) is 70.7 Å². The van der Waals surface area contributed by atoms with Crippen molar-refractivity contribution in [2.75, 3.05) is 0 Å². The number of unbranched alkanes of at least 4 members (excludes halogenated alkanes) is 2. The van der Waals surface area contributed by atoms with Gasteiger partial charge in [-0.3, -0.25) is 4.79 Å². The van der Waals surface area contributed by atoms with E-state index in [1.165, 1.54) is 0 Å². The molecule has 6 heteroatoms. The minimum absolute atomic E-state index is 0.00725. The quantitative estimate of drug-likeness (QED) is 0.379. The zero-order valence-electron chi connectivity index (χ0n) is 17.0. The Hall–Kier alpha value is -1.82. The van der Waals surface area contributed by atoms with E-state index in [2.05, 4.69) is 23.6 Å². The first kappa shape index (κ1) is 21.9. The summed E-state index contributed by atoms with van der Waals surface area (Å²) in [5, 5.41) is 26.2. The van der Waals surface area contributed by atoms with E-state index in [1.807, 2.05) is 12.1 Å². The molecule has 1 aliphatic heterocycles. The molecule has 2 atom stereocenters. The molecule has 4 N–H and O–H groups in total. The van der Waals surface area contributed by atoms with Gasteiger partial charge in [0.25, 0.3) is 5.91 Å². The normalized spacial score (nSPS) is 22.4. The highest BCUT2D eigenvalue weighted by molar-refractivity contribution is 6.29. The van der Waals surface area contributed by atoms with Crippen molar-refractivity contribution in [3.05, 3.63) is 57.8 Å². The highest BCUT2D eigenvalue weighted by Gasteiger charge is 2.31. The Balaban J connectivity index is 1.78. The fourth-order valence-corrected chi connectivity index (χ4v) is 4.21. The third-order valence-corrected chi connectivity index (χ3v) is 6.15. The molecular formula is C23H31ClN2O3. The van der Waals surface area contributed by atoms with Gasteiger partial charge in [0.15, 0.2) is 6.29 Å². The second-order valence-electron chi connectivity index (χ2n) is 7.99. The molecule has 5 nitrogen and oxygen atoms in total. The number of allylic oxidation sites excluding steroid dienone is 3. The molecule has 1 aromatic rings. The lowest BCUT2D eigenvalue weighted by Crippen LogP contribution is -2.54. The standard InChI is InChI=1S/C23H31ClN2O3/c1-2-3-4-5-20-19(14-15-6-8-17(9-7-15)23(28)29)22(27)26-21(25-20)16-10-12-18(24)13-11-16/h6-9,12,16,21,23,25,28-29H,2-5,10-11,13-14H2,1H3,(H,26,27). The number of aliphatic hydroxyl groups excluding tert-OH is 1. The summed E-state index contributed by atoms with van der Waals surface area (Å²) in [6.07, 6.45) is 7.94. The molecule has 3 rings (SSSR count). The predicted octanol–water partition coefficient (Wildman–Crippen LogP) is 4.02. The van der Waals surface area contributed by atoms with Crippen LogP contribution in [0.3, 0.4) is 0 Å². The maximum atomic E-state index is 13.0. The Morgan fingerprint density at radius 2 is 1.93 bits per heavy atom. The van der Waals surface area contributed by atoms with Gasteiger partial charge in [-0.1, -0.05) is 61.7 Å². The number of halogens is 1. The van der Waals surface area contributed by atoms with Crippen LogP contribution in [-0.4, -0.2) is 22.3 Å². The number of hydrogen-bond donors (Lipinski definition) is 4. The minimum Gasteiger partial charge on any atom is -0.368 e. The van der Waals surface area contributed by atoms with Crippen LogP contribution in [-0.2, 0) is 11.2 Å². The van der Waals surface area contributed by atoms with Crippen LogP contribution in [0.5, 0.6) is 0 Å². The highest BCUT2D eigenvalue weighted by atomic mass is 35.5. The monoisotopic (exact) mass is 418 g/mol. The minimum atomic E-state index is -1.48. The molecule has 0 fully saturated rings. The SMILES string of the molecule is CCCCCC1=C(Cc2ccc(C(O)O)cc2)C(=O)NC(C2CC=C(Cl)CC2)N1. The summed E-state index contributed by atoms with van der Waals surface area (Å²) in [6.45, 7) is 2.17. The molecular weight excluding hydrogens is 388 g/mol. The average molecular weight is 419 g/mol. The van der Waals surface area contributed by atoms with Gasteiger partial charge in [-0.15, -0.1) is 0 Å². The van der Waals surface area contributed by atoms with Crippen LogP contribution in [0.4, 0.5) is 0 Å². The summed E-state index contributed by atoms with van der Waals surface area (Å²) in [5.41, 5.74) is 3.24. The van der Waals surface area contributed by atoms with Gasteiger partial charge in [0, 0.05) is 34.2 Å². The van der Waals surface area contributed by atoms with Crippen LogP contribution in [0.15, 0.2) is 46.6 Å². The van der Waals surface area contributed by atoms with Crippen molar-refractivity contribution in [3.63, 3.8) is 0 Å². The predicted molar refractivity (Wildman–Crippen MR) is 115 cm³/mol. The van der Waals surface area contributed by atoms with Crippen LogP contribution in [0.1, 0.15) is 69.3 Å². The fraction of sp³-hybridized carbons (Fsp3) is 0.522. The third-order valence-electron chi connectivity index (χ3n) is 5.81. The Morgan fingerprint density at radius 3 is 2.55 bits per heavy atom. The zero-order valence-corrected chi connectivity index (χ0v) is 17.7. The number of aliphatic hydroxyl groups is 2. The molecule has 29 heavy (non-hydrogen) atoms. The van der Waals surface area contributed by atoms with E-state index in [-0.39, 0.29) is 12.1 Å². The second-order valence-corrected chi connectivity index (χ2v) is 8.47. The van der Waals surface area contributed by atoms with E-state index < -0.39 is 6.29 Å². The molecule has 158 valence electrons. The summed E-state index contributed by atoms with van der Waals surface area (Å²) in [6, 6.07) is 7.07. The smallest absolute Gasteiger partial charge is 0.250 e. The molecule has 0 saturated heterocycles. The van der Waals surface area contributed by atoms with E-state index in [0.717, 1.165) is 66.8 Å². The number of amides is 1. The maximum Gasteiger partial charge on any atom is 0.250 e. The Labute approximate surface area is 177 Å². The van der Waals surface area contributed by atoms with E-state index >= 15 is 0 Å². The van der Waals surface area contributed by atoms with Gasteiger partial charge < -0.3 is 20.8 Å². The van der Waals surface area contributed by atoms with Crippen LogP contribution >= 0.6 is 11.6 Å². The molecule has 0 radical (unpaired) electrons. The topological polar surface area (TPSA) is 81.6 Å². The van der Waals surface area contributed by atoms with Gasteiger partial charge in [0.1, 0.15) is 6.17 Å². The van der Waals surface area contributed by atoms with Crippen LogP contribution in [0, 0.1) is 5.92 Å². The lowest BCUT2D eigenvalue weighted by molar-refractivity contribution is -0.119. The van der Waals surface area contributed by atoms with Crippen molar-refractivity contribution < 1.29 is 15.0 Å². The first-order valence-corrected chi connectivity index (χ1v) is 10.9. The third kappa shape index (κ3) is 5.84. The maximum absolute atomic E-state index is 13.0. The van der Waals surface area contributed by atoms with Crippen LogP contribution in [0.25, 0.3) is 0 Å². The summed E-state index contributed by atoms with van der Waals surface area (Å²) >= 11 is 6.12. The number of carbonyl (C=O) groups is 1. The summed E-state index contributed by atoms with van der Waals surface area (Å²) in [5.74, 6) is 0.335.